The Kier molecular flexibility index (Phi) is 18.2. The SMILES string of the molecule is CCCCCCOP(=O)(O)OC(CCCCCC)C(CCCC)CCCC. The van der Waals surface area contributed by atoms with Gasteiger partial charge in [-0.1, -0.05) is 98.3 Å². The van der Waals surface area contributed by atoms with E-state index in [-0.39, 0.29) is 6.10 Å². The molecule has 0 aliphatic carbocycles. The zero-order chi connectivity index (χ0) is 20.4. The predicted molar refractivity (Wildman–Crippen MR) is 116 cm³/mol. The molecule has 0 saturated heterocycles. The zero-order valence-corrected chi connectivity index (χ0v) is 19.5. The van der Waals surface area contributed by atoms with Crippen LogP contribution in [-0.4, -0.2) is 17.6 Å². The maximum absolute atomic E-state index is 12.5. The van der Waals surface area contributed by atoms with Gasteiger partial charge in [-0.2, -0.15) is 0 Å². The van der Waals surface area contributed by atoms with E-state index in [1.165, 1.54) is 12.8 Å². The third-order valence-corrected chi connectivity index (χ3v) is 6.29. The van der Waals surface area contributed by atoms with E-state index in [2.05, 4.69) is 27.7 Å². The molecule has 0 bridgehead atoms. The zero-order valence-electron chi connectivity index (χ0n) is 18.6. The van der Waals surface area contributed by atoms with Gasteiger partial charge in [0.1, 0.15) is 0 Å². The fraction of sp³-hybridized carbons (Fsp3) is 1.00. The lowest BCUT2D eigenvalue weighted by Crippen LogP contribution is -2.24. The Morgan fingerprint density at radius 3 is 1.74 bits per heavy atom. The second-order valence-corrected chi connectivity index (χ2v) is 9.31. The Hall–Kier alpha value is 0.110. The molecule has 5 heteroatoms. The van der Waals surface area contributed by atoms with Crippen LogP contribution in [0.25, 0.3) is 0 Å². The van der Waals surface area contributed by atoms with Crippen molar-refractivity contribution in [3.63, 3.8) is 0 Å². The molecule has 0 aromatic rings. The molecule has 0 amide bonds. The van der Waals surface area contributed by atoms with Crippen molar-refractivity contribution in [3.05, 3.63) is 0 Å². The number of unbranched alkanes of at least 4 members (excludes halogenated alkanes) is 8. The Bertz CT molecular complexity index is 354. The average molecular weight is 407 g/mol. The van der Waals surface area contributed by atoms with Crippen LogP contribution in [-0.2, 0) is 13.6 Å². The van der Waals surface area contributed by atoms with Crippen molar-refractivity contribution in [2.75, 3.05) is 6.61 Å². The van der Waals surface area contributed by atoms with Crippen LogP contribution in [0, 0.1) is 5.92 Å². The van der Waals surface area contributed by atoms with Crippen LogP contribution >= 0.6 is 7.82 Å². The summed E-state index contributed by atoms with van der Waals surface area (Å²) in [6, 6.07) is 0. The molecule has 0 aromatic carbocycles. The number of phosphoric ester groups is 1. The van der Waals surface area contributed by atoms with E-state index in [9.17, 15) is 9.46 Å². The highest BCUT2D eigenvalue weighted by molar-refractivity contribution is 7.47. The molecule has 0 fully saturated rings. The van der Waals surface area contributed by atoms with E-state index in [1.54, 1.807) is 0 Å². The molecule has 0 rings (SSSR count). The van der Waals surface area contributed by atoms with Gasteiger partial charge in [-0.25, -0.2) is 4.57 Å². The van der Waals surface area contributed by atoms with Crippen LogP contribution in [0.3, 0.4) is 0 Å². The molecule has 4 nitrogen and oxygen atoms in total. The van der Waals surface area contributed by atoms with Crippen molar-refractivity contribution >= 4 is 7.82 Å². The number of rotatable bonds is 20. The molecular weight excluding hydrogens is 359 g/mol. The first-order chi connectivity index (χ1) is 13.0. The molecule has 27 heavy (non-hydrogen) atoms. The molecule has 2 unspecified atom stereocenters. The van der Waals surface area contributed by atoms with E-state index >= 15 is 0 Å². The number of hydrogen-bond acceptors (Lipinski definition) is 3. The summed E-state index contributed by atoms with van der Waals surface area (Å²) < 4.78 is 23.6. The molecule has 0 aliphatic heterocycles. The fourth-order valence-corrected chi connectivity index (χ4v) is 4.55. The normalized spacial score (nSPS) is 15.2. The van der Waals surface area contributed by atoms with E-state index < -0.39 is 7.82 Å². The van der Waals surface area contributed by atoms with Crippen LogP contribution in [0.5, 0.6) is 0 Å². The maximum Gasteiger partial charge on any atom is 0.472 e. The van der Waals surface area contributed by atoms with Gasteiger partial charge in [0.25, 0.3) is 0 Å². The van der Waals surface area contributed by atoms with Gasteiger partial charge in [-0.3, -0.25) is 9.05 Å². The average Bonchev–Trinajstić information content (AvgIpc) is 2.64. The van der Waals surface area contributed by atoms with Crippen molar-refractivity contribution < 1.29 is 18.5 Å². The first-order valence-electron chi connectivity index (χ1n) is 11.7. The smallest absolute Gasteiger partial charge is 0.302 e. The summed E-state index contributed by atoms with van der Waals surface area (Å²) in [6.45, 7) is 9.06. The van der Waals surface area contributed by atoms with Gasteiger partial charge in [0.2, 0.25) is 0 Å². The summed E-state index contributed by atoms with van der Waals surface area (Å²) in [4.78, 5) is 10.3. The summed E-state index contributed by atoms with van der Waals surface area (Å²) in [5.74, 6) is 0.357. The van der Waals surface area contributed by atoms with Gasteiger partial charge in [-0.05, 0) is 31.6 Å². The summed E-state index contributed by atoms with van der Waals surface area (Å²) >= 11 is 0. The minimum Gasteiger partial charge on any atom is -0.302 e. The van der Waals surface area contributed by atoms with Crippen molar-refractivity contribution in [3.8, 4) is 0 Å². The maximum atomic E-state index is 12.5. The van der Waals surface area contributed by atoms with Crippen molar-refractivity contribution in [2.24, 2.45) is 5.92 Å². The summed E-state index contributed by atoms with van der Waals surface area (Å²) in [6.07, 6.45) is 16.2. The van der Waals surface area contributed by atoms with Crippen molar-refractivity contribution in [1.29, 1.82) is 0 Å². The quantitative estimate of drug-likeness (QED) is 0.164. The molecule has 164 valence electrons. The third-order valence-electron chi connectivity index (χ3n) is 5.25. The first-order valence-corrected chi connectivity index (χ1v) is 13.2. The summed E-state index contributed by atoms with van der Waals surface area (Å²) in [5, 5.41) is 0. The first kappa shape index (κ1) is 27.1. The Morgan fingerprint density at radius 2 is 1.22 bits per heavy atom. The molecular formula is C22H47O4P. The Morgan fingerprint density at radius 1 is 0.704 bits per heavy atom. The molecule has 0 saturated carbocycles. The highest BCUT2D eigenvalue weighted by atomic mass is 31.2. The monoisotopic (exact) mass is 406 g/mol. The van der Waals surface area contributed by atoms with Gasteiger partial charge < -0.3 is 4.89 Å². The minimum absolute atomic E-state index is 0.161. The number of hydrogen-bond donors (Lipinski definition) is 1. The van der Waals surface area contributed by atoms with Gasteiger partial charge in [0.05, 0.1) is 12.7 Å². The largest absolute Gasteiger partial charge is 0.472 e. The molecule has 0 aliphatic rings. The molecule has 0 spiro atoms. The van der Waals surface area contributed by atoms with E-state index in [0.29, 0.717) is 12.5 Å². The second kappa shape index (κ2) is 18.2. The van der Waals surface area contributed by atoms with E-state index in [4.69, 9.17) is 9.05 Å². The second-order valence-electron chi connectivity index (χ2n) is 7.90. The van der Waals surface area contributed by atoms with Crippen LogP contribution in [0.15, 0.2) is 0 Å². The highest BCUT2D eigenvalue weighted by Gasteiger charge is 2.31. The van der Waals surface area contributed by atoms with Crippen molar-refractivity contribution in [1.82, 2.24) is 0 Å². The summed E-state index contributed by atoms with van der Waals surface area (Å²) in [7, 11) is -3.97. The third kappa shape index (κ3) is 15.7. The van der Waals surface area contributed by atoms with Crippen LogP contribution in [0.4, 0.5) is 0 Å². The topological polar surface area (TPSA) is 55.8 Å². The minimum atomic E-state index is -3.97. The lowest BCUT2D eigenvalue weighted by molar-refractivity contribution is 0.0541. The lowest BCUT2D eigenvalue weighted by Gasteiger charge is -2.29. The van der Waals surface area contributed by atoms with E-state index in [1.807, 2.05) is 0 Å². The fourth-order valence-electron chi connectivity index (χ4n) is 3.51. The van der Waals surface area contributed by atoms with Gasteiger partial charge in [0, 0.05) is 0 Å². The van der Waals surface area contributed by atoms with Gasteiger partial charge >= 0.3 is 7.82 Å². The van der Waals surface area contributed by atoms with Crippen LogP contribution in [0.2, 0.25) is 0 Å². The highest BCUT2D eigenvalue weighted by Crippen LogP contribution is 2.47. The number of phosphoric acid groups is 1. The predicted octanol–water partition coefficient (Wildman–Crippen LogP) is 8.04. The Balaban J connectivity index is 4.77. The lowest BCUT2D eigenvalue weighted by atomic mass is 9.88. The standard InChI is InChI=1S/C22H47O4P/c1-5-9-13-15-19-22(21(17-11-7-3)18-12-8-4)26-27(23,24)25-20-16-14-10-6-2/h21-22H,5-20H2,1-4H3,(H,23,24). The van der Waals surface area contributed by atoms with Gasteiger partial charge in [0.15, 0.2) is 0 Å². The Labute approximate surface area is 169 Å². The summed E-state index contributed by atoms with van der Waals surface area (Å²) in [5.41, 5.74) is 0. The van der Waals surface area contributed by atoms with Crippen LogP contribution < -0.4 is 0 Å². The van der Waals surface area contributed by atoms with Gasteiger partial charge in [-0.15, -0.1) is 0 Å². The molecule has 0 aromatic heterocycles. The van der Waals surface area contributed by atoms with Crippen LogP contribution in [0.1, 0.15) is 124 Å². The molecule has 0 heterocycles. The molecule has 0 radical (unpaired) electrons. The molecule has 2 atom stereocenters. The van der Waals surface area contributed by atoms with E-state index in [0.717, 1.165) is 83.5 Å². The van der Waals surface area contributed by atoms with Crippen molar-refractivity contribution in [2.45, 2.75) is 130 Å². The molecule has 1 N–H and O–H groups in total.